The zero-order valence-electron chi connectivity index (χ0n) is 8.87. The molecule has 1 heterocycles. The van der Waals surface area contributed by atoms with Gasteiger partial charge in [-0.3, -0.25) is 4.55 Å². The van der Waals surface area contributed by atoms with E-state index in [1.54, 1.807) is 6.07 Å². The van der Waals surface area contributed by atoms with Crippen LogP contribution in [0.15, 0.2) is 18.2 Å². The first-order valence-corrected chi connectivity index (χ1v) is 6.59. The molecule has 1 aromatic rings. The Morgan fingerprint density at radius 3 is 2.53 bits per heavy atom. The normalized spacial score (nSPS) is 16.6. The van der Waals surface area contributed by atoms with Gasteiger partial charge in [0.25, 0.3) is 10.1 Å². The van der Waals surface area contributed by atoms with Gasteiger partial charge in [-0.1, -0.05) is 6.07 Å². The first-order chi connectivity index (χ1) is 7.96. The van der Waals surface area contributed by atoms with Crippen LogP contribution in [0.3, 0.4) is 0 Å². The van der Waals surface area contributed by atoms with E-state index >= 15 is 0 Å². The van der Waals surface area contributed by atoms with Crippen molar-refractivity contribution in [2.45, 2.75) is 6.10 Å². The molecule has 0 fully saturated rings. The first kappa shape index (κ1) is 12.2. The minimum Gasteiger partial charge on any atom is -0.486 e. The van der Waals surface area contributed by atoms with Crippen LogP contribution in [0.2, 0.25) is 0 Å². The van der Waals surface area contributed by atoms with Crippen LogP contribution < -0.4 is 9.47 Å². The van der Waals surface area contributed by atoms with Gasteiger partial charge in [-0.2, -0.15) is 8.42 Å². The fourth-order valence-electron chi connectivity index (χ4n) is 1.56. The average Bonchev–Trinajstić information content (AvgIpc) is 2.26. The molecule has 6 nitrogen and oxygen atoms in total. The number of hydrogen-bond acceptors (Lipinski definition) is 5. The van der Waals surface area contributed by atoms with Crippen LogP contribution in [-0.4, -0.2) is 37.0 Å². The molecule has 2 rings (SSSR count). The van der Waals surface area contributed by atoms with Crippen LogP contribution >= 0.6 is 0 Å². The van der Waals surface area contributed by atoms with Crippen molar-refractivity contribution in [2.24, 2.45) is 0 Å². The van der Waals surface area contributed by atoms with Crippen LogP contribution in [0.1, 0.15) is 11.7 Å². The van der Waals surface area contributed by atoms with E-state index in [4.69, 9.17) is 14.0 Å². The number of benzene rings is 1. The lowest BCUT2D eigenvalue weighted by Gasteiger charge is -2.19. The number of hydrogen-bond donors (Lipinski definition) is 2. The predicted molar refractivity (Wildman–Crippen MR) is 58.8 cm³/mol. The Kier molecular flexibility index (Phi) is 3.23. The van der Waals surface area contributed by atoms with E-state index in [0.717, 1.165) is 0 Å². The van der Waals surface area contributed by atoms with Crippen molar-refractivity contribution < 1.29 is 27.6 Å². The van der Waals surface area contributed by atoms with E-state index in [-0.39, 0.29) is 0 Å². The van der Waals surface area contributed by atoms with E-state index < -0.39 is 22.0 Å². The highest BCUT2D eigenvalue weighted by Crippen LogP contribution is 2.32. The van der Waals surface area contributed by atoms with Gasteiger partial charge in [0.15, 0.2) is 11.5 Å². The molecule has 1 aliphatic heterocycles. The van der Waals surface area contributed by atoms with Gasteiger partial charge in [0.05, 0.1) is 6.10 Å². The maximum atomic E-state index is 10.6. The molecule has 2 N–H and O–H groups in total. The van der Waals surface area contributed by atoms with E-state index in [0.29, 0.717) is 30.3 Å². The second-order valence-corrected chi connectivity index (χ2v) is 5.16. The topological polar surface area (TPSA) is 93.1 Å². The molecular formula is C10H12O6S. The summed E-state index contributed by atoms with van der Waals surface area (Å²) in [7, 11) is -4.21. The first-order valence-electron chi connectivity index (χ1n) is 4.98. The fourth-order valence-corrected chi connectivity index (χ4v) is 2.15. The molecule has 94 valence electrons. The molecule has 0 saturated heterocycles. The minimum atomic E-state index is -4.21. The highest BCUT2D eigenvalue weighted by atomic mass is 32.2. The van der Waals surface area contributed by atoms with Gasteiger partial charge in [-0.15, -0.1) is 0 Å². The second kappa shape index (κ2) is 4.52. The minimum absolute atomic E-state index is 0.354. The van der Waals surface area contributed by atoms with Gasteiger partial charge >= 0.3 is 0 Å². The Morgan fingerprint density at radius 1 is 1.24 bits per heavy atom. The largest absolute Gasteiger partial charge is 0.486 e. The summed E-state index contributed by atoms with van der Waals surface area (Å²) in [6, 6.07) is 4.63. The molecule has 1 aliphatic rings. The van der Waals surface area contributed by atoms with Crippen LogP contribution in [0, 0.1) is 0 Å². The molecule has 7 heteroatoms. The Balaban J connectivity index is 2.22. The maximum Gasteiger partial charge on any atom is 0.267 e. The second-order valence-electron chi connectivity index (χ2n) is 3.67. The lowest BCUT2D eigenvalue weighted by molar-refractivity contribution is 0.168. The van der Waals surface area contributed by atoms with Gasteiger partial charge in [-0.25, -0.2) is 0 Å². The van der Waals surface area contributed by atoms with Crippen LogP contribution in [0.5, 0.6) is 11.5 Å². The quantitative estimate of drug-likeness (QED) is 0.763. The smallest absolute Gasteiger partial charge is 0.267 e. The number of aliphatic hydroxyl groups is 1. The number of rotatable bonds is 3. The van der Waals surface area contributed by atoms with Crippen molar-refractivity contribution in [1.82, 2.24) is 0 Å². The standard InChI is InChI=1S/C10H12O6S/c11-8(6-17(12,13)14)7-1-2-9-10(5-7)16-4-3-15-9/h1-2,5,8,11H,3-4,6H2,(H,12,13,14). The molecule has 0 aromatic heterocycles. The summed E-state index contributed by atoms with van der Waals surface area (Å²) in [5.74, 6) is 0.273. The van der Waals surface area contributed by atoms with Crippen molar-refractivity contribution in [2.75, 3.05) is 19.0 Å². The Morgan fingerprint density at radius 2 is 1.88 bits per heavy atom. The van der Waals surface area contributed by atoms with Crippen molar-refractivity contribution in [1.29, 1.82) is 0 Å². The summed E-state index contributed by atoms with van der Waals surface area (Å²) < 4.78 is 40.5. The SMILES string of the molecule is O=S(=O)(O)CC(O)c1ccc2c(c1)OCCO2. The van der Waals surface area contributed by atoms with E-state index in [2.05, 4.69) is 0 Å². The molecule has 1 aromatic carbocycles. The predicted octanol–water partition coefficient (Wildman–Crippen LogP) is 0.379. The summed E-state index contributed by atoms with van der Waals surface area (Å²) in [5.41, 5.74) is 0.354. The summed E-state index contributed by atoms with van der Waals surface area (Å²) in [6.45, 7) is 0.866. The molecule has 1 atom stereocenters. The van der Waals surface area contributed by atoms with Crippen molar-refractivity contribution in [3.63, 3.8) is 0 Å². The molecule has 0 bridgehead atoms. The highest BCUT2D eigenvalue weighted by Gasteiger charge is 2.19. The molecule has 0 spiro atoms. The maximum absolute atomic E-state index is 10.6. The molecular weight excluding hydrogens is 248 g/mol. The summed E-state index contributed by atoms with van der Waals surface area (Å²) >= 11 is 0. The molecule has 0 aliphatic carbocycles. The third-order valence-electron chi connectivity index (χ3n) is 2.32. The van der Waals surface area contributed by atoms with E-state index in [1.165, 1.54) is 12.1 Å². The van der Waals surface area contributed by atoms with E-state index in [1.807, 2.05) is 0 Å². The van der Waals surface area contributed by atoms with Crippen molar-refractivity contribution in [3.8, 4) is 11.5 Å². The third-order valence-corrected chi connectivity index (χ3v) is 3.06. The Hall–Kier alpha value is -1.31. The molecule has 0 radical (unpaired) electrons. The van der Waals surface area contributed by atoms with Gasteiger partial charge in [0.2, 0.25) is 0 Å². The molecule has 17 heavy (non-hydrogen) atoms. The zero-order chi connectivity index (χ0) is 12.5. The van der Waals surface area contributed by atoms with Gasteiger partial charge < -0.3 is 14.6 Å². The number of ether oxygens (including phenoxy) is 2. The Labute approximate surface area is 98.5 Å². The Bertz CT molecular complexity index is 510. The molecule has 0 amide bonds. The van der Waals surface area contributed by atoms with Crippen LogP contribution in [0.4, 0.5) is 0 Å². The summed E-state index contributed by atoms with van der Waals surface area (Å²) in [5, 5.41) is 9.62. The van der Waals surface area contributed by atoms with Crippen LogP contribution in [-0.2, 0) is 10.1 Å². The van der Waals surface area contributed by atoms with Gasteiger partial charge in [0, 0.05) is 0 Å². The summed E-state index contributed by atoms with van der Waals surface area (Å²) in [4.78, 5) is 0. The molecule has 0 saturated carbocycles. The number of fused-ring (bicyclic) bond motifs is 1. The van der Waals surface area contributed by atoms with Crippen LogP contribution in [0.25, 0.3) is 0 Å². The monoisotopic (exact) mass is 260 g/mol. The highest BCUT2D eigenvalue weighted by molar-refractivity contribution is 7.85. The third kappa shape index (κ3) is 3.09. The fraction of sp³-hybridized carbons (Fsp3) is 0.400. The van der Waals surface area contributed by atoms with E-state index in [9.17, 15) is 13.5 Å². The molecule has 1 unspecified atom stereocenters. The average molecular weight is 260 g/mol. The number of aliphatic hydroxyl groups excluding tert-OH is 1. The lowest BCUT2D eigenvalue weighted by atomic mass is 10.1. The lowest BCUT2D eigenvalue weighted by Crippen LogP contribution is -2.17. The zero-order valence-corrected chi connectivity index (χ0v) is 9.68. The van der Waals surface area contributed by atoms with Crippen molar-refractivity contribution in [3.05, 3.63) is 23.8 Å². The summed E-state index contributed by atoms with van der Waals surface area (Å²) in [6.07, 6.45) is -1.29. The van der Waals surface area contributed by atoms with Crippen molar-refractivity contribution >= 4 is 10.1 Å². The van der Waals surface area contributed by atoms with Gasteiger partial charge in [0.1, 0.15) is 19.0 Å². The van der Waals surface area contributed by atoms with Gasteiger partial charge in [-0.05, 0) is 17.7 Å².